The number of hydrogen-bond donors (Lipinski definition) is 1. The van der Waals surface area contributed by atoms with Crippen molar-refractivity contribution in [1.29, 1.82) is 0 Å². The number of fused-ring (bicyclic) bond motifs is 1. The van der Waals surface area contributed by atoms with Crippen molar-refractivity contribution in [2.24, 2.45) is 5.73 Å². The normalized spacial score (nSPS) is 14.5. The standard InChI is InChI=1S/C15H19FN2O/c1-19-11-15(16,7-3-8-17)13-6-5-12-4-2-9-18-14(12)10-13/h2,4-6,9-10H,3,7-8,11,17H2,1H3. The minimum Gasteiger partial charge on any atom is -0.381 e. The molecule has 2 N–H and O–H groups in total. The number of hydrogen-bond acceptors (Lipinski definition) is 3. The van der Waals surface area contributed by atoms with Gasteiger partial charge in [0.25, 0.3) is 0 Å². The largest absolute Gasteiger partial charge is 0.381 e. The van der Waals surface area contributed by atoms with E-state index in [1.165, 1.54) is 7.11 Å². The van der Waals surface area contributed by atoms with Crippen LogP contribution in [0.3, 0.4) is 0 Å². The number of aromatic nitrogens is 1. The molecule has 4 heteroatoms. The van der Waals surface area contributed by atoms with Crippen LogP contribution in [0.15, 0.2) is 36.5 Å². The molecule has 0 aliphatic heterocycles. The summed E-state index contributed by atoms with van der Waals surface area (Å²) >= 11 is 0. The lowest BCUT2D eigenvalue weighted by molar-refractivity contribution is 0.0304. The molecule has 1 heterocycles. The van der Waals surface area contributed by atoms with E-state index in [0.29, 0.717) is 24.9 Å². The van der Waals surface area contributed by atoms with Crippen molar-refractivity contribution in [3.8, 4) is 0 Å². The molecule has 102 valence electrons. The molecular formula is C15H19FN2O. The van der Waals surface area contributed by atoms with Crippen LogP contribution in [0, 0.1) is 0 Å². The predicted octanol–water partition coefficient (Wildman–Crippen LogP) is 2.78. The Morgan fingerprint density at radius 2 is 2.21 bits per heavy atom. The lowest BCUT2D eigenvalue weighted by Gasteiger charge is -2.25. The van der Waals surface area contributed by atoms with Gasteiger partial charge in [0.2, 0.25) is 0 Å². The van der Waals surface area contributed by atoms with Crippen LogP contribution in [0.2, 0.25) is 0 Å². The van der Waals surface area contributed by atoms with E-state index in [1.54, 1.807) is 18.3 Å². The molecule has 0 saturated carbocycles. The van der Waals surface area contributed by atoms with Crippen LogP contribution < -0.4 is 5.73 Å². The maximum absolute atomic E-state index is 15.0. The number of methoxy groups -OCH3 is 1. The molecule has 0 radical (unpaired) electrons. The topological polar surface area (TPSA) is 48.1 Å². The van der Waals surface area contributed by atoms with Gasteiger partial charge in [0.1, 0.15) is 0 Å². The van der Waals surface area contributed by atoms with Crippen LogP contribution in [0.5, 0.6) is 0 Å². The molecule has 0 spiro atoms. The van der Waals surface area contributed by atoms with Crippen LogP contribution in [-0.4, -0.2) is 25.2 Å². The third-order valence-corrected chi connectivity index (χ3v) is 3.27. The van der Waals surface area contributed by atoms with Crippen molar-refractivity contribution in [3.63, 3.8) is 0 Å². The summed E-state index contributed by atoms with van der Waals surface area (Å²) in [5.74, 6) is 0. The van der Waals surface area contributed by atoms with Gasteiger partial charge in [-0.1, -0.05) is 18.2 Å². The number of ether oxygens (including phenoxy) is 1. The summed E-state index contributed by atoms with van der Waals surface area (Å²) in [4.78, 5) is 4.26. The first-order valence-electron chi connectivity index (χ1n) is 6.43. The van der Waals surface area contributed by atoms with Gasteiger partial charge in [-0.3, -0.25) is 4.98 Å². The summed E-state index contributed by atoms with van der Waals surface area (Å²) in [5, 5.41) is 1.00. The monoisotopic (exact) mass is 262 g/mol. The van der Waals surface area contributed by atoms with Gasteiger partial charge in [-0.05, 0) is 37.1 Å². The van der Waals surface area contributed by atoms with E-state index in [-0.39, 0.29) is 6.61 Å². The van der Waals surface area contributed by atoms with Gasteiger partial charge >= 0.3 is 0 Å². The van der Waals surface area contributed by atoms with Crippen LogP contribution in [0.25, 0.3) is 10.9 Å². The van der Waals surface area contributed by atoms with Crippen molar-refractivity contribution >= 4 is 10.9 Å². The molecule has 1 aromatic heterocycles. The van der Waals surface area contributed by atoms with E-state index in [1.807, 2.05) is 18.2 Å². The lowest BCUT2D eigenvalue weighted by atomic mass is 9.91. The smallest absolute Gasteiger partial charge is 0.159 e. The van der Waals surface area contributed by atoms with E-state index < -0.39 is 5.67 Å². The van der Waals surface area contributed by atoms with E-state index in [0.717, 1.165) is 10.9 Å². The highest BCUT2D eigenvalue weighted by Gasteiger charge is 2.31. The van der Waals surface area contributed by atoms with Crippen molar-refractivity contribution < 1.29 is 9.13 Å². The summed E-state index contributed by atoms with van der Waals surface area (Å²) in [6.07, 6.45) is 2.69. The van der Waals surface area contributed by atoms with E-state index in [2.05, 4.69) is 4.98 Å². The summed E-state index contributed by atoms with van der Waals surface area (Å²) in [5.41, 5.74) is 5.38. The quantitative estimate of drug-likeness (QED) is 0.870. The van der Waals surface area contributed by atoms with Gasteiger partial charge in [0.15, 0.2) is 5.67 Å². The summed E-state index contributed by atoms with van der Waals surface area (Å²) in [7, 11) is 1.51. The third kappa shape index (κ3) is 3.08. The molecule has 2 aromatic rings. The molecule has 0 saturated heterocycles. The van der Waals surface area contributed by atoms with Crippen molar-refractivity contribution in [2.45, 2.75) is 18.5 Å². The second-order valence-electron chi connectivity index (χ2n) is 4.70. The number of rotatable bonds is 6. The average molecular weight is 262 g/mol. The molecule has 1 atom stereocenters. The molecule has 1 unspecified atom stereocenters. The zero-order valence-corrected chi connectivity index (χ0v) is 11.1. The molecule has 0 aliphatic rings. The van der Waals surface area contributed by atoms with E-state index in [4.69, 9.17) is 10.5 Å². The Kier molecular flexibility index (Phi) is 4.45. The third-order valence-electron chi connectivity index (χ3n) is 3.27. The highest BCUT2D eigenvalue weighted by molar-refractivity contribution is 5.79. The van der Waals surface area contributed by atoms with Crippen molar-refractivity contribution in [2.75, 3.05) is 20.3 Å². The van der Waals surface area contributed by atoms with Crippen LogP contribution in [-0.2, 0) is 10.4 Å². The fourth-order valence-corrected chi connectivity index (χ4v) is 2.26. The Bertz CT molecular complexity index is 546. The lowest BCUT2D eigenvalue weighted by Crippen LogP contribution is -2.27. The number of nitrogens with two attached hydrogens (primary N) is 1. The maximum Gasteiger partial charge on any atom is 0.159 e. The fourth-order valence-electron chi connectivity index (χ4n) is 2.26. The summed E-state index contributed by atoms with van der Waals surface area (Å²) < 4.78 is 20.1. The van der Waals surface area contributed by atoms with Gasteiger partial charge < -0.3 is 10.5 Å². The minimum atomic E-state index is -1.50. The van der Waals surface area contributed by atoms with Gasteiger partial charge in [-0.2, -0.15) is 0 Å². The SMILES string of the molecule is COCC(F)(CCCN)c1ccc2cccnc2c1. The minimum absolute atomic E-state index is 0.0331. The highest BCUT2D eigenvalue weighted by atomic mass is 19.1. The fraction of sp³-hybridized carbons (Fsp3) is 0.400. The van der Waals surface area contributed by atoms with E-state index in [9.17, 15) is 0 Å². The second kappa shape index (κ2) is 6.08. The molecule has 0 bridgehead atoms. The zero-order valence-electron chi connectivity index (χ0n) is 11.1. The Morgan fingerprint density at radius 1 is 1.37 bits per heavy atom. The first-order valence-corrected chi connectivity index (χ1v) is 6.43. The predicted molar refractivity (Wildman–Crippen MR) is 74.7 cm³/mol. The number of benzene rings is 1. The number of halogens is 1. The van der Waals surface area contributed by atoms with Gasteiger partial charge in [-0.15, -0.1) is 0 Å². The maximum atomic E-state index is 15.0. The summed E-state index contributed by atoms with van der Waals surface area (Å²) in [6.45, 7) is 0.507. The van der Waals surface area contributed by atoms with Crippen molar-refractivity contribution in [1.82, 2.24) is 4.98 Å². The van der Waals surface area contributed by atoms with Gasteiger partial charge in [-0.25, -0.2) is 4.39 Å². The first-order chi connectivity index (χ1) is 9.19. The first kappa shape index (κ1) is 13.9. The Balaban J connectivity index is 2.37. The molecule has 0 fully saturated rings. The van der Waals surface area contributed by atoms with Gasteiger partial charge in [0, 0.05) is 18.7 Å². The second-order valence-corrected chi connectivity index (χ2v) is 4.70. The Labute approximate surface area is 112 Å². The van der Waals surface area contributed by atoms with Crippen LogP contribution in [0.4, 0.5) is 4.39 Å². The molecule has 3 nitrogen and oxygen atoms in total. The average Bonchev–Trinajstić information content (AvgIpc) is 2.45. The van der Waals surface area contributed by atoms with Crippen LogP contribution >= 0.6 is 0 Å². The molecule has 0 amide bonds. The van der Waals surface area contributed by atoms with Crippen LogP contribution in [0.1, 0.15) is 18.4 Å². The van der Waals surface area contributed by atoms with Gasteiger partial charge in [0.05, 0.1) is 12.1 Å². The number of pyridine rings is 1. The number of alkyl halides is 1. The molecule has 2 rings (SSSR count). The highest BCUT2D eigenvalue weighted by Crippen LogP contribution is 2.33. The molecule has 19 heavy (non-hydrogen) atoms. The Hall–Kier alpha value is -1.52. The summed E-state index contributed by atoms with van der Waals surface area (Å²) in [6, 6.07) is 9.32. The molecule has 1 aromatic carbocycles. The Morgan fingerprint density at radius 3 is 2.95 bits per heavy atom. The van der Waals surface area contributed by atoms with E-state index >= 15 is 4.39 Å². The number of nitrogens with zero attached hydrogens (tertiary/aromatic N) is 1. The van der Waals surface area contributed by atoms with Crippen molar-refractivity contribution in [3.05, 3.63) is 42.1 Å². The molecular weight excluding hydrogens is 243 g/mol. The molecule has 0 aliphatic carbocycles. The zero-order chi connectivity index (χ0) is 13.7.